The van der Waals surface area contributed by atoms with Crippen molar-refractivity contribution in [2.75, 3.05) is 33.4 Å². The molecule has 1 saturated heterocycles. The largest absolute Gasteiger partial charge is 0.496 e. The molecule has 0 unspecified atom stereocenters. The van der Waals surface area contributed by atoms with Gasteiger partial charge in [-0.05, 0) is 42.5 Å². The van der Waals surface area contributed by atoms with Crippen LogP contribution in [0.2, 0.25) is 0 Å². The van der Waals surface area contributed by atoms with Crippen LogP contribution < -0.4 is 14.2 Å². The Bertz CT molecular complexity index is 1110. The third-order valence-corrected chi connectivity index (χ3v) is 7.28. The van der Waals surface area contributed by atoms with Crippen molar-refractivity contribution in [1.29, 1.82) is 0 Å². The summed E-state index contributed by atoms with van der Waals surface area (Å²) in [7, 11) is -2.89. The highest BCUT2D eigenvalue weighted by Gasteiger charge is 2.35. The smallest absolute Gasteiger partial charge is 0.422 e. The number of methoxy groups -OCH3 is 1. The lowest BCUT2D eigenvalue weighted by Crippen LogP contribution is -2.38. The number of halogens is 6. The van der Waals surface area contributed by atoms with Gasteiger partial charge in [-0.1, -0.05) is 18.2 Å². The number of benzene rings is 2. The zero-order valence-corrected chi connectivity index (χ0v) is 19.3. The Morgan fingerprint density at radius 2 is 1.49 bits per heavy atom. The van der Waals surface area contributed by atoms with Crippen molar-refractivity contribution in [3.05, 3.63) is 48.0 Å². The van der Waals surface area contributed by atoms with Crippen LogP contribution in [0.15, 0.2) is 47.4 Å². The van der Waals surface area contributed by atoms with Gasteiger partial charge in [-0.15, -0.1) is 0 Å². The summed E-state index contributed by atoms with van der Waals surface area (Å²) in [5.41, 5.74) is 0.906. The minimum atomic E-state index is -4.75. The summed E-state index contributed by atoms with van der Waals surface area (Å²) >= 11 is 0. The second-order valence-electron chi connectivity index (χ2n) is 7.84. The molecular formula is C22H23F6NO5S. The van der Waals surface area contributed by atoms with Crippen molar-refractivity contribution in [2.24, 2.45) is 0 Å². The van der Waals surface area contributed by atoms with Crippen LogP contribution >= 0.6 is 0 Å². The van der Waals surface area contributed by atoms with Crippen LogP contribution in [-0.4, -0.2) is 58.5 Å². The van der Waals surface area contributed by atoms with Gasteiger partial charge in [0.05, 0.1) is 7.11 Å². The number of ether oxygens (including phenoxy) is 3. The first-order chi connectivity index (χ1) is 16.3. The maximum Gasteiger partial charge on any atom is 0.422 e. The van der Waals surface area contributed by atoms with Crippen molar-refractivity contribution >= 4 is 10.0 Å². The van der Waals surface area contributed by atoms with Gasteiger partial charge in [-0.3, -0.25) is 0 Å². The van der Waals surface area contributed by atoms with Gasteiger partial charge >= 0.3 is 12.4 Å². The molecule has 1 aliphatic rings. The van der Waals surface area contributed by atoms with Gasteiger partial charge in [0.25, 0.3) is 0 Å². The summed E-state index contributed by atoms with van der Waals surface area (Å²) in [4.78, 5) is -0.697. The minimum absolute atomic E-state index is 0.0139. The molecule has 0 N–H and O–H groups in total. The molecule has 0 aromatic heterocycles. The summed E-state index contributed by atoms with van der Waals surface area (Å²) < 4.78 is 118. The molecule has 0 saturated carbocycles. The number of hydrogen-bond acceptors (Lipinski definition) is 5. The Morgan fingerprint density at radius 1 is 0.886 bits per heavy atom. The number of nitrogens with zero attached hydrogens (tertiary/aromatic N) is 1. The molecule has 0 amide bonds. The number of rotatable bonds is 8. The lowest BCUT2D eigenvalue weighted by molar-refractivity contribution is -0.154. The molecule has 1 heterocycles. The Labute approximate surface area is 198 Å². The molecule has 0 radical (unpaired) electrons. The fourth-order valence-corrected chi connectivity index (χ4v) is 5.39. The fourth-order valence-electron chi connectivity index (χ4n) is 3.77. The monoisotopic (exact) mass is 527 g/mol. The van der Waals surface area contributed by atoms with Gasteiger partial charge in [0.15, 0.2) is 13.2 Å². The van der Waals surface area contributed by atoms with E-state index in [1.165, 1.54) is 7.11 Å². The molecule has 6 nitrogen and oxygen atoms in total. The van der Waals surface area contributed by atoms with E-state index < -0.39 is 52.0 Å². The van der Waals surface area contributed by atoms with Gasteiger partial charge in [0, 0.05) is 19.2 Å². The van der Waals surface area contributed by atoms with Crippen molar-refractivity contribution in [3.63, 3.8) is 0 Å². The van der Waals surface area contributed by atoms with Gasteiger partial charge in [-0.25, -0.2) is 8.42 Å². The van der Waals surface area contributed by atoms with Crippen LogP contribution in [0.1, 0.15) is 24.3 Å². The van der Waals surface area contributed by atoms with E-state index in [-0.39, 0.29) is 19.0 Å². The summed E-state index contributed by atoms with van der Waals surface area (Å²) in [6, 6.07) is 9.82. The second kappa shape index (κ2) is 10.5. The molecule has 3 rings (SSSR count). The quantitative estimate of drug-likeness (QED) is 0.445. The highest BCUT2D eigenvalue weighted by molar-refractivity contribution is 7.89. The average molecular weight is 527 g/mol. The zero-order chi connectivity index (χ0) is 25.9. The van der Waals surface area contributed by atoms with Gasteiger partial charge in [0.2, 0.25) is 10.0 Å². The van der Waals surface area contributed by atoms with Crippen molar-refractivity contribution in [1.82, 2.24) is 4.31 Å². The highest BCUT2D eigenvalue weighted by Crippen LogP contribution is 2.38. The summed E-state index contributed by atoms with van der Waals surface area (Å²) in [5.74, 6) is -0.455. The van der Waals surface area contributed by atoms with E-state index in [2.05, 4.69) is 9.47 Å². The number of hydrogen-bond donors (Lipinski definition) is 0. The number of para-hydroxylation sites is 1. The summed E-state index contributed by atoms with van der Waals surface area (Å²) in [5, 5.41) is 0. The number of alkyl halides is 6. The van der Waals surface area contributed by atoms with Crippen LogP contribution in [0.3, 0.4) is 0 Å². The van der Waals surface area contributed by atoms with Crippen molar-refractivity contribution in [2.45, 2.75) is 36.0 Å². The Morgan fingerprint density at radius 3 is 2.09 bits per heavy atom. The maximum atomic E-state index is 13.3. The van der Waals surface area contributed by atoms with Crippen molar-refractivity contribution < 1.29 is 49.0 Å². The Balaban J connectivity index is 1.84. The van der Waals surface area contributed by atoms with Crippen LogP contribution in [0.25, 0.3) is 0 Å². The molecule has 2 aromatic rings. The fraction of sp³-hybridized carbons (Fsp3) is 0.455. The number of piperidine rings is 1. The van der Waals surface area contributed by atoms with E-state index in [0.717, 1.165) is 28.1 Å². The topological polar surface area (TPSA) is 65.1 Å². The van der Waals surface area contributed by atoms with Crippen LogP contribution in [0.5, 0.6) is 17.2 Å². The first kappa shape index (κ1) is 26.9. The Hall–Kier alpha value is -2.67. The molecule has 2 aromatic carbocycles. The van der Waals surface area contributed by atoms with Gasteiger partial charge in [-0.2, -0.15) is 30.6 Å². The predicted octanol–water partition coefficient (Wildman–Crippen LogP) is 5.15. The summed E-state index contributed by atoms with van der Waals surface area (Å²) in [6.45, 7) is -3.39. The molecule has 194 valence electrons. The van der Waals surface area contributed by atoms with Gasteiger partial charge in [0.1, 0.15) is 22.1 Å². The van der Waals surface area contributed by atoms with Crippen LogP contribution in [-0.2, 0) is 10.0 Å². The normalized spacial score (nSPS) is 16.2. The Kier molecular flexibility index (Phi) is 8.10. The maximum absolute atomic E-state index is 13.3. The predicted molar refractivity (Wildman–Crippen MR) is 113 cm³/mol. The molecule has 35 heavy (non-hydrogen) atoms. The second-order valence-corrected chi connectivity index (χ2v) is 9.74. The molecule has 13 heteroatoms. The standard InChI is InChI=1S/C22H23F6NO5S/c1-32-18-5-3-2-4-17(18)15-8-10-29(11-9-15)35(30,31)20-12-16(33-13-21(23,24)25)6-7-19(20)34-14-22(26,27)28/h2-7,12,15H,8-11,13-14H2,1H3. The molecule has 1 fully saturated rings. The van der Waals surface area contributed by atoms with E-state index in [9.17, 15) is 34.8 Å². The van der Waals surface area contributed by atoms with E-state index in [0.29, 0.717) is 18.6 Å². The lowest BCUT2D eigenvalue weighted by atomic mass is 9.89. The number of sulfonamides is 1. The van der Waals surface area contributed by atoms with Gasteiger partial charge < -0.3 is 14.2 Å². The minimum Gasteiger partial charge on any atom is -0.496 e. The van der Waals surface area contributed by atoms with E-state index >= 15 is 0 Å². The lowest BCUT2D eigenvalue weighted by Gasteiger charge is -2.32. The molecule has 0 bridgehead atoms. The SMILES string of the molecule is COc1ccccc1C1CCN(S(=O)(=O)c2cc(OCC(F)(F)F)ccc2OCC(F)(F)F)CC1. The first-order valence-corrected chi connectivity index (χ1v) is 11.9. The molecule has 0 atom stereocenters. The third-order valence-electron chi connectivity index (χ3n) is 5.36. The molecular weight excluding hydrogens is 504 g/mol. The van der Waals surface area contributed by atoms with E-state index in [1.807, 2.05) is 12.1 Å². The van der Waals surface area contributed by atoms with Crippen molar-refractivity contribution in [3.8, 4) is 17.2 Å². The summed E-state index contributed by atoms with van der Waals surface area (Å²) in [6.07, 6.45) is -8.63. The molecule has 1 aliphatic heterocycles. The highest BCUT2D eigenvalue weighted by atomic mass is 32.2. The van der Waals surface area contributed by atoms with Crippen LogP contribution in [0.4, 0.5) is 26.3 Å². The van der Waals surface area contributed by atoms with E-state index in [4.69, 9.17) is 4.74 Å². The zero-order valence-electron chi connectivity index (χ0n) is 18.5. The average Bonchev–Trinajstić information content (AvgIpc) is 2.80. The third kappa shape index (κ3) is 7.17. The molecule has 0 aliphatic carbocycles. The molecule has 0 spiro atoms. The first-order valence-electron chi connectivity index (χ1n) is 10.5. The van der Waals surface area contributed by atoms with E-state index in [1.54, 1.807) is 12.1 Å². The van der Waals surface area contributed by atoms with Crippen LogP contribution in [0, 0.1) is 0 Å².